The number of allylic oxidation sites excluding steroid dienone is 1. The number of Topliss-reactive ketones (excluding diaryl/α,β-unsaturated/α-hetero) is 1. The van der Waals surface area contributed by atoms with Gasteiger partial charge in [0.2, 0.25) is 0 Å². The molecule has 7 heteroatoms. The van der Waals surface area contributed by atoms with Crippen LogP contribution in [0.15, 0.2) is 28.7 Å². The lowest BCUT2D eigenvalue weighted by Crippen LogP contribution is -2.20. The quantitative estimate of drug-likeness (QED) is 0.269. The number of hydrogen-bond acceptors (Lipinski definition) is 5. The highest BCUT2D eigenvalue weighted by Crippen LogP contribution is 2.28. The molecule has 142 valence electrons. The van der Waals surface area contributed by atoms with Gasteiger partial charge >= 0.3 is 0 Å². The maximum Gasteiger partial charge on any atom is 0.262 e. The van der Waals surface area contributed by atoms with Crippen molar-refractivity contribution >= 4 is 39.1 Å². The molecule has 0 fully saturated rings. The predicted octanol–water partition coefficient (Wildman–Crippen LogP) is 4.19. The Balaban J connectivity index is 1.88. The molecule has 0 bridgehead atoms. The number of thioether (sulfide) groups is 1. The molecule has 3 aromatic heterocycles. The Labute approximate surface area is 166 Å². The van der Waals surface area contributed by atoms with E-state index in [9.17, 15) is 9.59 Å². The van der Waals surface area contributed by atoms with E-state index in [2.05, 4.69) is 16.1 Å². The number of fused-ring (bicyclic) bond motifs is 1. The predicted molar refractivity (Wildman–Crippen MR) is 113 cm³/mol. The number of nitrogens with zero attached hydrogens (tertiary/aromatic N) is 3. The van der Waals surface area contributed by atoms with E-state index < -0.39 is 0 Å². The molecule has 3 heterocycles. The third-order valence-corrected chi connectivity index (χ3v) is 7.02. The summed E-state index contributed by atoms with van der Waals surface area (Å²) in [6.45, 7) is 12.3. The molecule has 3 rings (SSSR count). The van der Waals surface area contributed by atoms with Gasteiger partial charge in [-0.15, -0.1) is 17.9 Å². The molecule has 0 spiro atoms. The lowest BCUT2D eigenvalue weighted by atomic mass is 10.2. The standard InChI is InChI=1S/C20H23N3O2S2/c1-7-8-23-11(2)9-15(13(23)4)16(24)10-26-20-21-18-17(19(25)22(20)6)12(3)14(5)27-18/h7,9H,1,8,10H2,2-6H3. The molecule has 0 amide bonds. The lowest BCUT2D eigenvalue weighted by Gasteiger charge is -2.08. The van der Waals surface area contributed by atoms with Crippen LogP contribution in [0.1, 0.15) is 32.2 Å². The zero-order valence-corrected chi connectivity index (χ0v) is 17.9. The van der Waals surface area contributed by atoms with Crippen LogP contribution >= 0.6 is 23.1 Å². The van der Waals surface area contributed by atoms with E-state index in [0.717, 1.165) is 32.2 Å². The fraction of sp³-hybridized carbons (Fsp3) is 0.350. The number of rotatable bonds is 6. The van der Waals surface area contributed by atoms with E-state index in [4.69, 9.17) is 0 Å². The largest absolute Gasteiger partial charge is 0.345 e. The number of carbonyl (C=O) groups is 1. The Morgan fingerprint density at radius 2 is 2.04 bits per heavy atom. The highest BCUT2D eigenvalue weighted by Gasteiger charge is 2.18. The van der Waals surface area contributed by atoms with Crippen molar-refractivity contribution < 1.29 is 4.79 Å². The number of thiophene rings is 1. The summed E-state index contributed by atoms with van der Waals surface area (Å²) in [5.41, 5.74) is 3.64. The Bertz CT molecular complexity index is 1120. The summed E-state index contributed by atoms with van der Waals surface area (Å²) in [5, 5.41) is 1.26. The first kappa shape index (κ1) is 19.6. The highest BCUT2D eigenvalue weighted by molar-refractivity contribution is 7.99. The monoisotopic (exact) mass is 401 g/mol. The lowest BCUT2D eigenvalue weighted by molar-refractivity contribution is 0.102. The molecule has 0 aliphatic rings. The van der Waals surface area contributed by atoms with Crippen molar-refractivity contribution in [3.05, 3.63) is 56.5 Å². The fourth-order valence-corrected chi connectivity index (χ4v) is 5.11. The van der Waals surface area contributed by atoms with Gasteiger partial charge in [0.15, 0.2) is 10.9 Å². The normalized spacial score (nSPS) is 11.3. The van der Waals surface area contributed by atoms with Gasteiger partial charge in [-0.2, -0.15) is 0 Å². The first-order valence-corrected chi connectivity index (χ1v) is 10.5. The van der Waals surface area contributed by atoms with E-state index in [1.807, 2.05) is 39.8 Å². The van der Waals surface area contributed by atoms with Crippen LogP contribution in [0.5, 0.6) is 0 Å². The van der Waals surface area contributed by atoms with Crippen LogP contribution in [0.4, 0.5) is 0 Å². The molecule has 0 atom stereocenters. The number of aryl methyl sites for hydroxylation is 3. The SMILES string of the molecule is C=CCn1c(C)cc(C(=O)CSc2nc3sc(C)c(C)c3c(=O)n2C)c1C. The second kappa shape index (κ2) is 7.48. The molecule has 0 radical (unpaired) electrons. The van der Waals surface area contributed by atoms with Gasteiger partial charge in [-0.3, -0.25) is 14.2 Å². The Morgan fingerprint density at radius 1 is 1.33 bits per heavy atom. The van der Waals surface area contributed by atoms with E-state index in [1.165, 1.54) is 23.1 Å². The van der Waals surface area contributed by atoms with Crippen LogP contribution in [0.2, 0.25) is 0 Å². The van der Waals surface area contributed by atoms with E-state index in [-0.39, 0.29) is 17.1 Å². The topological polar surface area (TPSA) is 56.9 Å². The second-order valence-electron chi connectivity index (χ2n) is 6.62. The second-order valence-corrected chi connectivity index (χ2v) is 8.76. The van der Waals surface area contributed by atoms with Crippen LogP contribution in [0, 0.1) is 27.7 Å². The van der Waals surface area contributed by atoms with Crippen molar-refractivity contribution in [2.45, 2.75) is 39.4 Å². The average Bonchev–Trinajstić information content (AvgIpc) is 3.07. The third kappa shape index (κ3) is 3.41. The van der Waals surface area contributed by atoms with E-state index in [0.29, 0.717) is 17.1 Å². The van der Waals surface area contributed by atoms with Crippen LogP contribution in [-0.2, 0) is 13.6 Å². The van der Waals surface area contributed by atoms with Crippen LogP contribution in [-0.4, -0.2) is 25.7 Å². The van der Waals surface area contributed by atoms with Crippen LogP contribution < -0.4 is 5.56 Å². The molecule has 0 saturated carbocycles. The maximum absolute atomic E-state index is 12.8. The Hall–Kier alpha value is -2.12. The van der Waals surface area contributed by atoms with Gasteiger partial charge in [0.1, 0.15) is 4.83 Å². The summed E-state index contributed by atoms with van der Waals surface area (Å²) in [6, 6.07) is 1.92. The van der Waals surface area contributed by atoms with Crippen LogP contribution in [0.25, 0.3) is 10.2 Å². The van der Waals surface area contributed by atoms with Crippen molar-refractivity contribution in [2.75, 3.05) is 5.75 Å². The van der Waals surface area contributed by atoms with Gasteiger partial charge in [0.05, 0.1) is 11.1 Å². The Kier molecular flexibility index (Phi) is 5.44. The van der Waals surface area contributed by atoms with Gasteiger partial charge < -0.3 is 4.57 Å². The van der Waals surface area contributed by atoms with Gasteiger partial charge in [-0.25, -0.2) is 4.98 Å². The van der Waals surface area contributed by atoms with Gasteiger partial charge in [0, 0.05) is 35.4 Å². The zero-order chi connectivity index (χ0) is 19.9. The van der Waals surface area contributed by atoms with E-state index in [1.54, 1.807) is 11.6 Å². The van der Waals surface area contributed by atoms with Gasteiger partial charge in [-0.1, -0.05) is 17.8 Å². The minimum Gasteiger partial charge on any atom is -0.345 e. The fourth-order valence-electron chi connectivity index (χ4n) is 3.19. The minimum atomic E-state index is -0.0547. The molecule has 0 aliphatic heterocycles. The number of aromatic nitrogens is 3. The minimum absolute atomic E-state index is 0.0382. The van der Waals surface area contributed by atoms with Crippen molar-refractivity contribution in [3.63, 3.8) is 0 Å². The van der Waals surface area contributed by atoms with Gasteiger partial charge in [0.25, 0.3) is 5.56 Å². The summed E-state index contributed by atoms with van der Waals surface area (Å²) >= 11 is 2.84. The highest BCUT2D eigenvalue weighted by atomic mass is 32.2. The average molecular weight is 402 g/mol. The zero-order valence-electron chi connectivity index (χ0n) is 16.3. The number of ketones is 1. The van der Waals surface area contributed by atoms with Gasteiger partial charge in [-0.05, 0) is 39.3 Å². The Morgan fingerprint density at radius 3 is 2.70 bits per heavy atom. The molecule has 0 saturated heterocycles. The molecule has 0 aliphatic carbocycles. The number of carbonyl (C=O) groups excluding carboxylic acids is 1. The summed E-state index contributed by atoms with van der Waals surface area (Å²) in [6.07, 6.45) is 1.82. The molecule has 27 heavy (non-hydrogen) atoms. The molecule has 0 unspecified atom stereocenters. The van der Waals surface area contributed by atoms with Crippen LogP contribution in [0.3, 0.4) is 0 Å². The molecule has 0 N–H and O–H groups in total. The molecular formula is C20H23N3O2S2. The maximum atomic E-state index is 12.8. The summed E-state index contributed by atoms with van der Waals surface area (Å²) < 4.78 is 3.61. The summed E-state index contributed by atoms with van der Waals surface area (Å²) in [4.78, 5) is 31.9. The molecule has 3 aromatic rings. The summed E-state index contributed by atoms with van der Waals surface area (Å²) in [7, 11) is 1.71. The van der Waals surface area contributed by atoms with Crippen molar-refractivity contribution in [2.24, 2.45) is 7.05 Å². The molecule has 5 nitrogen and oxygen atoms in total. The number of hydrogen-bond donors (Lipinski definition) is 0. The van der Waals surface area contributed by atoms with Crippen molar-refractivity contribution in [1.29, 1.82) is 0 Å². The first-order valence-electron chi connectivity index (χ1n) is 8.66. The summed E-state index contributed by atoms with van der Waals surface area (Å²) in [5.74, 6) is 0.282. The first-order chi connectivity index (χ1) is 12.8. The third-order valence-electron chi connectivity index (χ3n) is 4.89. The van der Waals surface area contributed by atoms with Crippen molar-refractivity contribution in [3.8, 4) is 0 Å². The molecule has 0 aromatic carbocycles. The molecular weight excluding hydrogens is 378 g/mol. The van der Waals surface area contributed by atoms with Crippen molar-refractivity contribution in [1.82, 2.24) is 14.1 Å². The smallest absolute Gasteiger partial charge is 0.262 e. The van der Waals surface area contributed by atoms with E-state index >= 15 is 0 Å².